The lowest BCUT2D eigenvalue weighted by Gasteiger charge is -2.30. The van der Waals surface area contributed by atoms with Crippen LogP contribution in [-0.4, -0.2) is 35.9 Å². The van der Waals surface area contributed by atoms with Gasteiger partial charge in [-0.15, -0.1) is 0 Å². The number of halogens is 3. The van der Waals surface area contributed by atoms with E-state index in [4.69, 9.17) is 0 Å². The average molecular weight is 331 g/mol. The number of guanidine groups is 1. The fourth-order valence-electron chi connectivity index (χ4n) is 2.89. The summed E-state index contributed by atoms with van der Waals surface area (Å²) in [6.45, 7) is 3.19. The molecule has 130 valence electrons. The highest BCUT2D eigenvalue weighted by Gasteiger charge is 2.41. The van der Waals surface area contributed by atoms with Crippen LogP contribution in [0.1, 0.15) is 36.9 Å². The zero-order valence-electron chi connectivity index (χ0n) is 13.5. The van der Waals surface area contributed by atoms with E-state index in [2.05, 4.69) is 25.8 Å². The van der Waals surface area contributed by atoms with E-state index in [-0.39, 0.29) is 18.8 Å². The van der Waals surface area contributed by atoms with Crippen molar-refractivity contribution in [1.29, 1.82) is 0 Å². The maximum atomic E-state index is 12.7. The Morgan fingerprint density at radius 2 is 2.00 bits per heavy atom. The van der Waals surface area contributed by atoms with Gasteiger partial charge >= 0.3 is 6.18 Å². The highest BCUT2D eigenvalue weighted by molar-refractivity contribution is 5.79. The third-order valence-electron chi connectivity index (χ3n) is 4.47. The molecule has 1 aliphatic carbocycles. The first-order chi connectivity index (χ1) is 10.9. The molecule has 0 aliphatic heterocycles. The Morgan fingerprint density at radius 3 is 2.52 bits per heavy atom. The Balaban J connectivity index is 1.71. The van der Waals surface area contributed by atoms with Crippen LogP contribution >= 0.6 is 0 Å². The van der Waals surface area contributed by atoms with Crippen molar-refractivity contribution in [1.82, 2.24) is 20.8 Å². The molecule has 2 rings (SSSR count). The molecule has 0 unspecified atom stereocenters. The van der Waals surface area contributed by atoms with Crippen molar-refractivity contribution in [2.45, 2.75) is 45.3 Å². The van der Waals surface area contributed by atoms with Crippen molar-refractivity contribution >= 4 is 5.96 Å². The SMILES string of the molecule is CN=C(NCc1cn[nH]c1C)NCC1CCC(C(F)(F)F)CC1. The second kappa shape index (κ2) is 7.70. The van der Waals surface area contributed by atoms with Gasteiger partial charge in [0, 0.05) is 31.4 Å². The molecule has 8 heteroatoms. The lowest BCUT2D eigenvalue weighted by atomic mass is 9.81. The molecule has 5 nitrogen and oxygen atoms in total. The Morgan fingerprint density at radius 1 is 1.30 bits per heavy atom. The van der Waals surface area contributed by atoms with Crippen LogP contribution in [0.5, 0.6) is 0 Å². The van der Waals surface area contributed by atoms with Gasteiger partial charge in [0.1, 0.15) is 0 Å². The van der Waals surface area contributed by atoms with E-state index in [9.17, 15) is 13.2 Å². The van der Waals surface area contributed by atoms with Crippen LogP contribution in [0.2, 0.25) is 0 Å². The maximum absolute atomic E-state index is 12.7. The first kappa shape index (κ1) is 17.6. The summed E-state index contributed by atoms with van der Waals surface area (Å²) in [6.07, 6.45) is -0.608. The number of hydrogen-bond donors (Lipinski definition) is 3. The minimum absolute atomic E-state index is 0.232. The van der Waals surface area contributed by atoms with Gasteiger partial charge in [-0.25, -0.2) is 0 Å². The number of aryl methyl sites for hydroxylation is 1. The van der Waals surface area contributed by atoms with Gasteiger partial charge < -0.3 is 10.6 Å². The van der Waals surface area contributed by atoms with Crippen LogP contribution in [0, 0.1) is 18.8 Å². The van der Waals surface area contributed by atoms with Gasteiger partial charge in [0.2, 0.25) is 0 Å². The lowest BCUT2D eigenvalue weighted by Crippen LogP contribution is -2.40. The molecule has 1 fully saturated rings. The summed E-state index contributed by atoms with van der Waals surface area (Å²) in [4.78, 5) is 4.14. The molecule has 23 heavy (non-hydrogen) atoms. The molecule has 0 amide bonds. The minimum atomic E-state index is -4.04. The molecule has 1 aromatic rings. The van der Waals surface area contributed by atoms with E-state index in [1.165, 1.54) is 0 Å². The number of hydrogen-bond acceptors (Lipinski definition) is 2. The molecule has 3 N–H and O–H groups in total. The van der Waals surface area contributed by atoms with Gasteiger partial charge in [-0.05, 0) is 38.5 Å². The van der Waals surface area contributed by atoms with Crippen LogP contribution in [-0.2, 0) is 6.54 Å². The van der Waals surface area contributed by atoms with E-state index in [0.29, 0.717) is 31.9 Å². The monoisotopic (exact) mass is 331 g/mol. The molecule has 1 aromatic heterocycles. The van der Waals surface area contributed by atoms with E-state index in [1.54, 1.807) is 13.2 Å². The summed E-state index contributed by atoms with van der Waals surface area (Å²) in [5.74, 6) is -0.202. The van der Waals surface area contributed by atoms with Crippen molar-refractivity contribution < 1.29 is 13.2 Å². The van der Waals surface area contributed by atoms with Gasteiger partial charge in [0.15, 0.2) is 5.96 Å². The van der Waals surface area contributed by atoms with Gasteiger partial charge in [-0.3, -0.25) is 10.1 Å². The number of H-pyrrole nitrogens is 1. The van der Waals surface area contributed by atoms with E-state index >= 15 is 0 Å². The van der Waals surface area contributed by atoms with Crippen molar-refractivity contribution in [2.75, 3.05) is 13.6 Å². The fourth-order valence-corrected chi connectivity index (χ4v) is 2.89. The molecule has 0 saturated heterocycles. The summed E-state index contributed by atoms with van der Waals surface area (Å²) in [7, 11) is 1.68. The molecular formula is C15H24F3N5. The summed E-state index contributed by atoms with van der Waals surface area (Å²) in [5.41, 5.74) is 2.05. The quantitative estimate of drug-likeness (QED) is 0.587. The van der Waals surface area contributed by atoms with E-state index in [0.717, 1.165) is 11.3 Å². The predicted octanol–water partition coefficient (Wildman–Crippen LogP) is 2.75. The summed E-state index contributed by atoms with van der Waals surface area (Å²) >= 11 is 0. The number of aliphatic imine (C=N–C) groups is 1. The van der Waals surface area contributed by atoms with Crippen molar-refractivity contribution in [3.8, 4) is 0 Å². The molecule has 0 spiro atoms. The topological polar surface area (TPSA) is 65.1 Å². The van der Waals surface area contributed by atoms with E-state index in [1.807, 2.05) is 6.92 Å². The fraction of sp³-hybridized carbons (Fsp3) is 0.733. The second-order valence-electron chi connectivity index (χ2n) is 6.09. The molecule has 0 atom stereocenters. The largest absolute Gasteiger partial charge is 0.391 e. The molecular weight excluding hydrogens is 307 g/mol. The number of aromatic nitrogens is 2. The van der Waals surface area contributed by atoms with Gasteiger partial charge in [-0.1, -0.05) is 0 Å². The molecule has 0 bridgehead atoms. The molecule has 1 heterocycles. The maximum Gasteiger partial charge on any atom is 0.391 e. The number of aromatic amines is 1. The summed E-state index contributed by atoms with van der Waals surface area (Å²) in [6, 6.07) is 0. The highest BCUT2D eigenvalue weighted by atomic mass is 19.4. The second-order valence-corrected chi connectivity index (χ2v) is 6.09. The number of alkyl halides is 3. The van der Waals surface area contributed by atoms with Crippen molar-refractivity contribution in [3.05, 3.63) is 17.5 Å². The van der Waals surface area contributed by atoms with Crippen molar-refractivity contribution in [2.24, 2.45) is 16.8 Å². The number of rotatable bonds is 4. The van der Waals surface area contributed by atoms with Gasteiger partial charge in [0.05, 0.1) is 12.1 Å². The van der Waals surface area contributed by atoms with Crippen LogP contribution in [0.25, 0.3) is 0 Å². The predicted molar refractivity (Wildman–Crippen MR) is 83.0 cm³/mol. The first-order valence-electron chi connectivity index (χ1n) is 7.90. The van der Waals surface area contributed by atoms with E-state index < -0.39 is 12.1 Å². The van der Waals surface area contributed by atoms with Gasteiger partial charge in [0.25, 0.3) is 0 Å². The Kier molecular flexibility index (Phi) is 5.90. The average Bonchev–Trinajstić information content (AvgIpc) is 2.92. The van der Waals surface area contributed by atoms with Crippen LogP contribution in [0.4, 0.5) is 13.2 Å². The van der Waals surface area contributed by atoms with Crippen LogP contribution in [0.3, 0.4) is 0 Å². The molecule has 1 aliphatic rings. The first-order valence-corrected chi connectivity index (χ1v) is 7.90. The Bertz CT molecular complexity index is 515. The molecule has 0 aromatic carbocycles. The minimum Gasteiger partial charge on any atom is -0.356 e. The summed E-state index contributed by atoms with van der Waals surface area (Å²) < 4.78 is 38.0. The lowest BCUT2D eigenvalue weighted by molar-refractivity contribution is -0.183. The highest BCUT2D eigenvalue weighted by Crippen LogP contribution is 2.39. The standard InChI is InChI=1S/C15H24F3N5/c1-10-12(9-22-23-10)8-21-14(19-2)20-7-11-3-5-13(6-4-11)15(16,17)18/h9,11,13H,3-8H2,1-2H3,(H,22,23)(H2,19,20,21). The normalized spacial score (nSPS) is 22.9. The smallest absolute Gasteiger partial charge is 0.356 e. The zero-order valence-corrected chi connectivity index (χ0v) is 13.5. The molecule has 1 saturated carbocycles. The summed E-state index contributed by atoms with van der Waals surface area (Å²) in [5, 5.41) is 13.2. The third kappa shape index (κ3) is 5.14. The molecule has 0 radical (unpaired) electrons. The Hall–Kier alpha value is -1.73. The third-order valence-corrected chi connectivity index (χ3v) is 4.47. The van der Waals surface area contributed by atoms with Crippen molar-refractivity contribution in [3.63, 3.8) is 0 Å². The number of nitrogens with zero attached hydrogens (tertiary/aromatic N) is 2. The van der Waals surface area contributed by atoms with Gasteiger partial charge in [-0.2, -0.15) is 18.3 Å². The zero-order chi connectivity index (χ0) is 16.9. The number of nitrogens with one attached hydrogen (secondary N) is 3. The Labute approximate surface area is 134 Å². The van der Waals surface area contributed by atoms with Crippen LogP contribution in [0.15, 0.2) is 11.2 Å². The van der Waals surface area contributed by atoms with Crippen LogP contribution < -0.4 is 10.6 Å².